The van der Waals surface area contributed by atoms with Crippen molar-refractivity contribution in [2.45, 2.75) is 26.2 Å². The largest absolute Gasteiger partial charge is 0.359 e. The lowest BCUT2D eigenvalue weighted by Gasteiger charge is -2.30. The molecular formula is C19H21N5S. The van der Waals surface area contributed by atoms with Crippen molar-refractivity contribution in [3.63, 3.8) is 0 Å². The summed E-state index contributed by atoms with van der Waals surface area (Å²) in [4.78, 5) is 6.83. The van der Waals surface area contributed by atoms with Gasteiger partial charge < -0.3 is 10.2 Å². The van der Waals surface area contributed by atoms with Crippen LogP contribution >= 0.6 is 11.3 Å². The van der Waals surface area contributed by atoms with Crippen molar-refractivity contribution < 1.29 is 0 Å². The summed E-state index contributed by atoms with van der Waals surface area (Å²) in [6.07, 6.45) is 5.68. The lowest BCUT2D eigenvalue weighted by atomic mass is 10.1. The number of benzene rings is 1. The van der Waals surface area contributed by atoms with Crippen LogP contribution in [-0.4, -0.2) is 33.2 Å². The predicted octanol–water partition coefficient (Wildman–Crippen LogP) is 4.43. The zero-order valence-corrected chi connectivity index (χ0v) is 15.1. The number of nitrogens with one attached hydrogen (secondary N) is 1. The molecule has 0 spiro atoms. The van der Waals surface area contributed by atoms with E-state index >= 15 is 0 Å². The molecular weight excluding hydrogens is 330 g/mol. The van der Waals surface area contributed by atoms with Crippen LogP contribution < -0.4 is 5.32 Å². The number of pyridine rings is 1. The summed E-state index contributed by atoms with van der Waals surface area (Å²) in [5.41, 5.74) is 1.09. The highest BCUT2D eigenvalue weighted by molar-refractivity contribution is 7.14. The van der Waals surface area contributed by atoms with Gasteiger partial charge in [-0.1, -0.05) is 30.0 Å². The van der Waals surface area contributed by atoms with E-state index in [9.17, 15) is 0 Å². The van der Waals surface area contributed by atoms with Crippen LogP contribution in [0.15, 0.2) is 42.9 Å². The Hall–Kier alpha value is -2.47. The van der Waals surface area contributed by atoms with Crippen LogP contribution in [-0.2, 0) is 0 Å². The van der Waals surface area contributed by atoms with E-state index in [1.165, 1.54) is 19.3 Å². The van der Waals surface area contributed by atoms with Crippen LogP contribution in [0.25, 0.3) is 21.3 Å². The summed E-state index contributed by atoms with van der Waals surface area (Å²) in [6, 6.07) is 8.37. The Kier molecular flexibility index (Phi) is 4.36. The third-order valence-electron chi connectivity index (χ3n) is 4.50. The number of aromatic nitrogens is 3. The number of fused-ring (bicyclic) bond motifs is 1. The van der Waals surface area contributed by atoms with Gasteiger partial charge in [0.05, 0.1) is 5.82 Å². The molecule has 4 rings (SSSR count). The quantitative estimate of drug-likeness (QED) is 0.753. The van der Waals surface area contributed by atoms with Crippen LogP contribution in [0.5, 0.6) is 0 Å². The van der Waals surface area contributed by atoms with E-state index in [-0.39, 0.29) is 0 Å². The lowest BCUT2D eigenvalue weighted by molar-refractivity contribution is 0.289. The van der Waals surface area contributed by atoms with Crippen molar-refractivity contribution in [3.8, 4) is 10.6 Å². The van der Waals surface area contributed by atoms with E-state index in [0.29, 0.717) is 0 Å². The number of aryl methyl sites for hydroxylation is 1. The van der Waals surface area contributed by atoms with Gasteiger partial charge in [-0.2, -0.15) is 0 Å². The summed E-state index contributed by atoms with van der Waals surface area (Å²) >= 11 is 1.61. The molecule has 1 saturated heterocycles. The number of piperidine rings is 1. The van der Waals surface area contributed by atoms with E-state index in [1.807, 2.05) is 13.1 Å². The first-order valence-corrected chi connectivity index (χ1v) is 9.42. The van der Waals surface area contributed by atoms with Crippen molar-refractivity contribution in [3.05, 3.63) is 47.9 Å². The van der Waals surface area contributed by atoms with Gasteiger partial charge in [-0.25, -0.2) is 4.98 Å². The van der Waals surface area contributed by atoms with Crippen LogP contribution in [0.3, 0.4) is 0 Å². The molecule has 0 saturated carbocycles. The van der Waals surface area contributed by atoms with Gasteiger partial charge >= 0.3 is 0 Å². The maximum atomic E-state index is 4.52. The van der Waals surface area contributed by atoms with Crippen molar-refractivity contribution in [1.29, 1.82) is 0 Å². The molecule has 0 bridgehead atoms. The van der Waals surface area contributed by atoms with Gasteiger partial charge in [-0.05, 0) is 43.7 Å². The van der Waals surface area contributed by atoms with E-state index in [2.05, 4.69) is 56.2 Å². The second-order valence-corrected chi connectivity index (χ2v) is 7.56. The molecule has 25 heavy (non-hydrogen) atoms. The summed E-state index contributed by atoms with van der Waals surface area (Å²) in [6.45, 7) is 8.29. The average Bonchev–Trinajstić information content (AvgIpc) is 3.08. The van der Waals surface area contributed by atoms with E-state index in [4.69, 9.17) is 0 Å². The van der Waals surface area contributed by atoms with Gasteiger partial charge in [-0.3, -0.25) is 0 Å². The molecule has 3 heterocycles. The highest BCUT2D eigenvalue weighted by atomic mass is 32.1. The third-order valence-corrected chi connectivity index (χ3v) is 5.39. The summed E-state index contributed by atoms with van der Waals surface area (Å²) < 4.78 is 0. The van der Waals surface area contributed by atoms with E-state index < -0.39 is 0 Å². The number of rotatable bonds is 4. The monoisotopic (exact) mass is 351 g/mol. The molecule has 1 aromatic carbocycles. The zero-order valence-electron chi connectivity index (χ0n) is 14.3. The Bertz CT molecular complexity index is 911. The molecule has 5 nitrogen and oxygen atoms in total. The molecule has 6 heteroatoms. The average molecular weight is 351 g/mol. The summed E-state index contributed by atoms with van der Waals surface area (Å²) in [5.74, 6) is 1.76. The molecule has 0 aliphatic carbocycles. The van der Waals surface area contributed by atoms with Crippen molar-refractivity contribution in [2.75, 3.05) is 18.4 Å². The first-order chi connectivity index (χ1) is 12.2. The predicted molar refractivity (Wildman–Crippen MR) is 104 cm³/mol. The van der Waals surface area contributed by atoms with Crippen LogP contribution in [0.1, 0.15) is 24.3 Å². The Morgan fingerprint density at radius 1 is 1.12 bits per heavy atom. The number of likely N-dealkylation sites (tertiary alicyclic amines) is 1. The molecule has 0 radical (unpaired) electrons. The van der Waals surface area contributed by atoms with Crippen LogP contribution in [0, 0.1) is 6.92 Å². The van der Waals surface area contributed by atoms with E-state index in [1.54, 1.807) is 11.3 Å². The van der Waals surface area contributed by atoms with Gasteiger partial charge in [0.15, 0.2) is 0 Å². The molecule has 1 N–H and O–H groups in total. The number of hydrogen-bond acceptors (Lipinski definition) is 6. The standard InChI is InChI=1S/C19H21N5S/c1-13(24-8-4-3-5-9-24)21-18-11-17-10-15(6-7-16(17)12-20-18)19-23-22-14(2)25-19/h6-7,10-12H,1,3-5,8-9H2,2H3,(H,20,21). The molecule has 0 atom stereocenters. The topological polar surface area (TPSA) is 53.9 Å². The second-order valence-electron chi connectivity index (χ2n) is 6.38. The van der Waals surface area contributed by atoms with Crippen molar-refractivity contribution in [1.82, 2.24) is 20.1 Å². The fourth-order valence-corrected chi connectivity index (χ4v) is 3.83. The number of hydrogen-bond donors (Lipinski definition) is 1. The number of anilines is 1. The first-order valence-electron chi connectivity index (χ1n) is 8.60. The van der Waals surface area contributed by atoms with Crippen molar-refractivity contribution >= 4 is 27.9 Å². The second kappa shape index (κ2) is 6.80. The van der Waals surface area contributed by atoms with Crippen molar-refractivity contribution in [2.24, 2.45) is 0 Å². The molecule has 2 aromatic heterocycles. The van der Waals surface area contributed by atoms with Gasteiger partial charge in [0.2, 0.25) is 0 Å². The lowest BCUT2D eigenvalue weighted by Crippen LogP contribution is -2.31. The van der Waals surface area contributed by atoms with E-state index in [0.717, 1.165) is 51.1 Å². The molecule has 0 amide bonds. The van der Waals surface area contributed by atoms with Gasteiger partial charge in [0.25, 0.3) is 0 Å². The minimum atomic E-state index is 0.827. The van der Waals surface area contributed by atoms with Gasteiger partial charge in [0, 0.05) is 30.2 Å². The maximum Gasteiger partial charge on any atom is 0.147 e. The SMILES string of the molecule is C=C(Nc1cc2cc(-c3nnc(C)s3)ccc2cn1)N1CCCCC1. The highest BCUT2D eigenvalue weighted by Gasteiger charge is 2.12. The first kappa shape index (κ1) is 16.0. The Balaban J connectivity index is 1.59. The normalized spacial score (nSPS) is 14.7. The van der Waals surface area contributed by atoms with Crippen LogP contribution in [0.2, 0.25) is 0 Å². The smallest absolute Gasteiger partial charge is 0.147 e. The molecule has 1 aliphatic heterocycles. The Labute approximate surface area is 151 Å². The number of nitrogens with zero attached hydrogens (tertiary/aromatic N) is 4. The molecule has 3 aromatic rings. The van der Waals surface area contributed by atoms with Gasteiger partial charge in [0.1, 0.15) is 15.8 Å². The highest BCUT2D eigenvalue weighted by Crippen LogP contribution is 2.28. The van der Waals surface area contributed by atoms with Crippen LogP contribution in [0.4, 0.5) is 5.82 Å². The summed E-state index contributed by atoms with van der Waals surface area (Å²) in [7, 11) is 0. The minimum Gasteiger partial charge on any atom is -0.359 e. The zero-order chi connectivity index (χ0) is 17.2. The Morgan fingerprint density at radius 3 is 2.72 bits per heavy atom. The fourth-order valence-electron chi connectivity index (χ4n) is 3.15. The fraction of sp³-hybridized carbons (Fsp3) is 0.316. The summed E-state index contributed by atoms with van der Waals surface area (Å²) in [5, 5.41) is 15.9. The maximum absolute atomic E-state index is 4.52. The Morgan fingerprint density at radius 2 is 1.96 bits per heavy atom. The molecule has 1 aliphatic rings. The molecule has 128 valence electrons. The minimum absolute atomic E-state index is 0.827. The molecule has 1 fully saturated rings. The molecule has 0 unspecified atom stereocenters. The van der Waals surface area contributed by atoms with Gasteiger partial charge in [-0.15, -0.1) is 10.2 Å². The third kappa shape index (κ3) is 3.49.